The van der Waals surface area contributed by atoms with E-state index in [1.54, 1.807) is 54.6 Å². The molecule has 0 radical (unpaired) electrons. The molecular formula is C21H22O4. The largest absolute Gasteiger partial charge is 0.465 e. The third-order valence-electron chi connectivity index (χ3n) is 3.89. The van der Waals surface area contributed by atoms with Crippen LogP contribution in [0, 0.1) is 5.92 Å². The first-order chi connectivity index (χ1) is 12.1. The van der Waals surface area contributed by atoms with Crippen LogP contribution >= 0.6 is 0 Å². The van der Waals surface area contributed by atoms with Crippen LogP contribution in [-0.2, 0) is 9.53 Å². The monoisotopic (exact) mass is 338 g/mol. The number of hydrogen-bond acceptors (Lipinski definition) is 4. The minimum atomic E-state index is -1.12. The van der Waals surface area contributed by atoms with E-state index >= 15 is 0 Å². The number of unbranched alkanes of at least 4 members (excludes halogenated alkanes) is 1. The molecule has 1 atom stereocenters. The third kappa shape index (κ3) is 5.38. The van der Waals surface area contributed by atoms with Crippen molar-refractivity contribution in [3.05, 3.63) is 71.8 Å². The summed E-state index contributed by atoms with van der Waals surface area (Å²) in [7, 11) is 0. The number of carbonyl (C=O) groups excluding carboxylic acids is 3. The first-order valence-corrected chi connectivity index (χ1v) is 8.47. The van der Waals surface area contributed by atoms with Crippen molar-refractivity contribution in [3.63, 3.8) is 0 Å². The second kappa shape index (κ2) is 9.52. The van der Waals surface area contributed by atoms with Gasteiger partial charge in [0.1, 0.15) is 5.92 Å². The smallest absolute Gasteiger partial charge is 0.317 e. The average molecular weight is 338 g/mol. The van der Waals surface area contributed by atoms with E-state index in [-0.39, 0.29) is 24.6 Å². The summed E-state index contributed by atoms with van der Waals surface area (Å²) in [6.45, 7) is 2.24. The number of esters is 1. The molecule has 1 unspecified atom stereocenters. The van der Waals surface area contributed by atoms with Gasteiger partial charge < -0.3 is 4.74 Å². The van der Waals surface area contributed by atoms with Crippen molar-refractivity contribution in [2.75, 3.05) is 6.61 Å². The van der Waals surface area contributed by atoms with Crippen LogP contribution in [0.5, 0.6) is 0 Å². The van der Waals surface area contributed by atoms with Gasteiger partial charge in [0.2, 0.25) is 0 Å². The highest BCUT2D eigenvalue weighted by molar-refractivity contribution is 6.12. The lowest BCUT2D eigenvalue weighted by Crippen LogP contribution is -2.29. The molecular weight excluding hydrogens is 316 g/mol. The van der Waals surface area contributed by atoms with E-state index in [4.69, 9.17) is 4.74 Å². The number of Topliss-reactive ketones (excluding diaryl/α,β-unsaturated/α-hetero) is 2. The summed E-state index contributed by atoms with van der Waals surface area (Å²) in [6, 6.07) is 17.2. The van der Waals surface area contributed by atoms with Crippen LogP contribution in [0.1, 0.15) is 46.9 Å². The van der Waals surface area contributed by atoms with Crippen LogP contribution in [-0.4, -0.2) is 24.1 Å². The van der Waals surface area contributed by atoms with Gasteiger partial charge in [-0.1, -0.05) is 74.0 Å². The number of ketones is 2. The summed E-state index contributed by atoms with van der Waals surface area (Å²) in [5.41, 5.74) is 0.885. The molecule has 4 nitrogen and oxygen atoms in total. The van der Waals surface area contributed by atoms with E-state index in [0.29, 0.717) is 11.1 Å². The predicted octanol–water partition coefficient (Wildman–Crippen LogP) is 4.10. The molecule has 0 aliphatic heterocycles. The fourth-order valence-corrected chi connectivity index (χ4v) is 2.43. The number of hydrogen-bond donors (Lipinski definition) is 0. The van der Waals surface area contributed by atoms with Crippen molar-refractivity contribution >= 4 is 17.5 Å². The molecule has 0 saturated heterocycles. The second-order valence-electron chi connectivity index (χ2n) is 5.80. The fourth-order valence-electron chi connectivity index (χ4n) is 2.43. The van der Waals surface area contributed by atoms with Crippen LogP contribution in [0.2, 0.25) is 0 Å². The normalized spacial score (nSPS) is 11.6. The Kier molecular flexibility index (Phi) is 7.08. The van der Waals surface area contributed by atoms with Gasteiger partial charge in [0.05, 0.1) is 6.61 Å². The summed E-state index contributed by atoms with van der Waals surface area (Å²) >= 11 is 0. The van der Waals surface area contributed by atoms with E-state index < -0.39 is 11.9 Å². The fraction of sp³-hybridized carbons (Fsp3) is 0.286. The van der Waals surface area contributed by atoms with E-state index in [9.17, 15) is 14.4 Å². The molecule has 0 saturated carbocycles. The summed E-state index contributed by atoms with van der Waals surface area (Å²) in [5, 5.41) is 0. The van der Waals surface area contributed by atoms with Crippen molar-refractivity contribution in [1.82, 2.24) is 0 Å². The van der Waals surface area contributed by atoms with Gasteiger partial charge in [0.25, 0.3) is 0 Å². The van der Waals surface area contributed by atoms with Gasteiger partial charge in [-0.3, -0.25) is 14.4 Å². The lowest BCUT2D eigenvalue weighted by Gasteiger charge is -2.15. The molecule has 0 N–H and O–H groups in total. The second-order valence-corrected chi connectivity index (χ2v) is 5.80. The van der Waals surface area contributed by atoms with Crippen LogP contribution in [0.15, 0.2) is 60.7 Å². The standard InChI is InChI=1S/C21H22O4/c1-2-3-14-25-21(24)18(20(23)17-12-8-5-9-13-17)15-19(22)16-10-6-4-7-11-16/h4-13,18H,2-3,14-15H2,1H3. The van der Waals surface area contributed by atoms with Gasteiger partial charge in [-0.15, -0.1) is 0 Å². The molecule has 2 rings (SSSR count). The Morgan fingerprint density at radius 2 is 1.44 bits per heavy atom. The zero-order valence-corrected chi connectivity index (χ0v) is 14.3. The summed E-state index contributed by atoms with van der Waals surface area (Å²) in [5.74, 6) is -2.38. The Labute approximate surface area is 147 Å². The van der Waals surface area contributed by atoms with Gasteiger partial charge >= 0.3 is 5.97 Å². The molecule has 0 amide bonds. The molecule has 4 heteroatoms. The van der Waals surface area contributed by atoms with Gasteiger partial charge in [0, 0.05) is 17.5 Å². The van der Waals surface area contributed by atoms with Crippen molar-refractivity contribution in [1.29, 1.82) is 0 Å². The minimum Gasteiger partial charge on any atom is -0.465 e. The molecule has 0 spiro atoms. The molecule has 0 heterocycles. The first-order valence-electron chi connectivity index (χ1n) is 8.47. The van der Waals surface area contributed by atoms with Gasteiger partial charge in [-0.25, -0.2) is 0 Å². The summed E-state index contributed by atoms with van der Waals surface area (Å²) < 4.78 is 5.21. The van der Waals surface area contributed by atoms with Crippen molar-refractivity contribution in [3.8, 4) is 0 Å². The van der Waals surface area contributed by atoms with Gasteiger partial charge in [0.15, 0.2) is 11.6 Å². The van der Waals surface area contributed by atoms with Crippen LogP contribution in [0.25, 0.3) is 0 Å². The Hall–Kier alpha value is -2.75. The minimum absolute atomic E-state index is 0.192. The maximum absolute atomic E-state index is 12.7. The third-order valence-corrected chi connectivity index (χ3v) is 3.89. The highest BCUT2D eigenvalue weighted by atomic mass is 16.5. The number of carbonyl (C=O) groups is 3. The van der Waals surface area contributed by atoms with Crippen LogP contribution in [0.3, 0.4) is 0 Å². The quantitative estimate of drug-likeness (QED) is 0.299. The molecule has 25 heavy (non-hydrogen) atoms. The SMILES string of the molecule is CCCCOC(=O)C(CC(=O)c1ccccc1)C(=O)c1ccccc1. The Bertz CT molecular complexity index is 707. The number of ether oxygens (including phenoxy) is 1. The zero-order chi connectivity index (χ0) is 18.1. The summed E-state index contributed by atoms with van der Waals surface area (Å²) in [4.78, 5) is 37.6. The predicted molar refractivity (Wildman–Crippen MR) is 95.5 cm³/mol. The molecule has 130 valence electrons. The molecule has 2 aromatic carbocycles. The van der Waals surface area contributed by atoms with E-state index in [1.165, 1.54) is 0 Å². The summed E-state index contributed by atoms with van der Waals surface area (Å²) in [6.07, 6.45) is 1.42. The molecule has 0 bridgehead atoms. The van der Waals surface area contributed by atoms with Crippen molar-refractivity contribution in [2.24, 2.45) is 5.92 Å². The maximum atomic E-state index is 12.7. The Morgan fingerprint density at radius 1 is 0.880 bits per heavy atom. The highest BCUT2D eigenvalue weighted by Crippen LogP contribution is 2.18. The zero-order valence-electron chi connectivity index (χ0n) is 14.3. The maximum Gasteiger partial charge on any atom is 0.317 e. The molecule has 0 fully saturated rings. The first kappa shape index (κ1) is 18.6. The number of rotatable bonds is 9. The molecule has 0 aliphatic carbocycles. The van der Waals surface area contributed by atoms with E-state index in [2.05, 4.69) is 0 Å². The molecule has 2 aromatic rings. The topological polar surface area (TPSA) is 60.4 Å². The number of benzene rings is 2. The Morgan fingerprint density at radius 3 is 2.00 bits per heavy atom. The van der Waals surface area contributed by atoms with Gasteiger partial charge in [-0.05, 0) is 6.42 Å². The lowest BCUT2D eigenvalue weighted by atomic mass is 9.91. The Balaban J connectivity index is 2.18. The van der Waals surface area contributed by atoms with Crippen LogP contribution < -0.4 is 0 Å². The van der Waals surface area contributed by atoms with Crippen LogP contribution in [0.4, 0.5) is 0 Å². The van der Waals surface area contributed by atoms with E-state index in [0.717, 1.165) is 12.8 Å². The molecule has 0 aromatic heterocycles. The van der Waals surface area contributed by atoms with Gasteiger partial charge in [-0.2, -0.15) is 0 Å². The van der Waals surface area contributed by atoms with Crippen molar-refractivity contribution < 1.29 is 19.1 Å². The molecule has 0 aliphatic rings. The lowest BCUT2D eigenvalue weighted by molar-refractivity contribution is -0.146. The average Bonchev–Trinajstić information content (AvgIpc) is 2.67. The van der Waals surface area contributed by atoms with E-state index in [1.807, 2.05) is 13.0 Å². The highest BCUT2D eigenvalue weighted by Gasteiger charge is 2.31. The van der Waals surface area contributed by atoms with Crippen molar-refractivity contribution in [2.45, 2.75) is 26.2 Å².